The molecule has 0 spiro atoms. The lowest BCUT2D eigenvalue weighted by Gasteiger charge is -2.10. The van der Waals surface area contributed by atoms with Crippen molar-refractivity contribution in [2.45, 2.75) is 27.3 Å². The van der Waals surface area contributed by atoms with Crippen LogP contribution in [0.3, 0.4) is 0 Å². The number of aromatic nitrogens is 5. The Morgan fingerprint density at radius 2 is 2.00 bits per heavy atom. The number of fused-ring (bicyclic) bond motifs is 1. The standard InChI is InChI=1S/C14H15ClN6O/c1-6-4-17-9(8(3)7(6)2)5-21-12-10(18-14(21)22)11(15)19-13(16)20-12/h4H,5H2,1-3H3,(H,18,22)(H2,16,19,20). The second-order valence-electron chi connectivity index (χ2n) is 5.23. The van der Waals surface area contributed by atoms with Gasteiger partial charge in [-0.05, 0) is 37.5 Å². The van der Waals surface area contributed by atoms with Crippen molar-refractivity contribution in [1.82, 2.24) is 24.5 Å². The molecule has 0 saturated heterocycles. The largest absolute Gasteiger partial charge is 0.368 e. The van der Waals surface area contributed by atoms with Gasteiger partial charge < -0.3 is 10.7 Å². The summed E-state index contributed by atoms with van der Waals surface area (Å²) in [6, 6.07) is 0. The number of nitrogens with zero attached hydrogens (tertiary/aromatic N) is 4. The lowest BCUT2D eigenvalue weighted by atomic mass is 10.0. The third-order valence-electron chi connectivity index (χ3n) is 3.90. The van der Waals surface area contributed by atoms with E-state index in [9.17, 15) is 4.79 Å². The van der Waals surface area contributed by atoms with Gasteiger partial charge in [0.1, 0.15) is 5.52 Å². The lowest BCUT2D eigenvalue weighted by Crippen LogP contribution is -2.19. The normalized spacial score (nSPS) is 11.3. The quantitative estimate of drug-likeness (QED) is 0.700. The number of halogens is 1. The number of H-pyrrole nitrogens is 1. The number of anilines is 1. The monoisotopic (exact) mass is 318 g/mol. The summed E-state index contributed by atoms with van der Waals surface area (Å²) in [5.41, 5.74) is 10.2. The van der Waals surface area contributed by atoms with Crippen LogP contribution in [0.2, 0.25) is 5.15 Å². The molecule has 3 rings (SSSR count). The molecule has 8 heteroatoms. The van der Waals surface area contributed by atoms with E-state index in [2.05, 4.69) is 19.9 Å². The number of hydrogen-bond donors (Lipinski definition) is 2. The van der Waals surface area contributed by atoms with E-state index in [0.29, 0.717) is 17.7 Å². The van der Waals surface area contributed by atoms with Crippen LogP contribution in [0.25, 0.3) is 11.2 Å². The Morgan fingerprint density at radius 1 is 1.27 bits per heavy atom. The Kier molecular flexibility index (Phi) is 3.37. The minimum Gasteiger partial charge on any atom is -0.368 e. The van der Waals surface area contributed by atoms with Crippen LogP contribution in [0.1, 0.15) is 22.4 Å². The van der Waals surface area contributed by atoms with Crippen LogP contribution in [0, 0.1) is 20.8 Å². The van der Waals surface area contributed by atoms with Crippen molar-refractivity contribution in [3.63, 3.8) is 0 Å². The van der Waals surface area contributed by atoms with E-state index in [1.807, 2.05) is 20.8 Å². The number of hydrogen-bond acceptors (Lipinski definition) is 5. The van der Waals surface area contributed by atoms with E-state index < -0.39 is 0 Å². The lowest BCUT2D eigenvalue weighted by molar-refractivity contribution is 0.748. The molecule has 0 aromatic carbocycles. The highest BCUT2D eigenvalue weighted by Crippen LogP contribution is 2.20. The number of nitrogen functional groups attached to an aromatic ring is 1. The smallest absolute Gasteiger partial charge is 0.328 e. The first kappa shape index (κ1) is 14.5. The van der Waals surface area contributed by atoms with Crippen LogP contribution in [-0.2, 0) is 6.54 Å². The maximum atomic E-state index is 12.2. The van der Waals surface area contributed by atoms with Crippen molar-refractivity contribution in [2.75, 3.05) is 5.73 Å². The molecule has 3 N–H and O–H groups in total. The third-order valence-corrected chi connectivity index (χ3v) is 4.18. The number of nitrogens with one attached hydrogen (secondary N) is 1. The van der Waals surface area contributed by atoms with Crippen LogP contribution in [-0.4, -0.2) is 24.5 Å². The van der Waals surface area contributed by atoms with Gasteiger partial charge in [-0.2, -0.15) is 9.97 Å². The molecule has 3 aromatic heterocycles. The Bertz CT molecular complexity index is 943. The van der Waals surface area contributed by atoms with E-state index in [1.165, 1.54) is 4.57 Å². The summed E-state index contributed by atoms with van der Waals surface area (Å²) in [6.45, 7) is 6.31. The van der Waals surface area contributed by atoms with Gasteiger partial charge in [0.15, 0.2) is 10.8 Å². The van der Waals surface area contributed by atoms with Crippen molar-refractivity contribution >= 4 is 28.7 Å². The number of aromatic amines is 1. The highest BCUT2D eigenvalue weighted by atomic mass is 35.5. The molecule has 0 aliphatic carbocycles. The molecule has 0 bridgehead atoms. The molecule has 3 aromatic rings. The molecular weight excluding hydrogens is 304 g/mol. The zero-order valence-corrected chi connectivity index (χ0v) is 13.2. The molecule has 7 nitrogen and oxygen atoms in total. The van der Waals surface area contributed by atoms with Crippen molar-refractivity contribution in [3.8, 4) is 0 Å². The predicted molar refractivity (Wildman–Crippen MR) is 85.1 cm³/mol. The van der Waals surface area contributed by atoms with Gasteiger partial charge in [0, 0.05) is 6.20 Å². The number of rotatable bonds is 2. The van der Waals surface area contributed by atoms with Crippen molar-refractivity contribution in [1.29, 1.82) is 0 Å². The second-order valence-corrected chi connectivity index (χ2v) is 5.58. The highest BCUT2D eigenvalue weighted by Gasteiger charge is 2.15. The number of imidazole rings is 1. The van der Waals surface area contributed by atoms with Gasteiger partial charge in [0.05, 0.1) is 12.2 Å². The van der Waals surface area contributed by atoms with Crippen molar-refractivity contribution in [3.05, 3.63) is 44.2 Å². The number of pyridine rings is 1. The summed E-state index contributed by atoms with van der Waals surface area (Å²) >= 11 is 6.00. The fourth-order valence-electron chi connectivity index (χ4n) is 2.35. The van der Waals surface area contributed by atoms with E-state index in [-0.39, 0.29) is 16.8 Å². The van der Waals surface area contributed by atoms with E-state index in [1.54, 1.807) is 6.20 Å². The minimum atomic E-state index is -0.323. The van der Waals surface area contributed by atoms with E-state index in [4.69, 9.17) is 17.3 Å². The van der Waals surface area contributed by atoms with Gasteiger partial charge in [0.25, 0.3) is 0 Å². The second kappa shape index (κ2) is 5.10. The molecule has 0 saturated carbocycles. The summed E-state index contributed by atoms with van der Waals surface area (Å²) in [6.07, 6.45) is 1.80. The Hall–Kier alpha value is -2.41. The molecule has 0 atom stereocenters. The molecule has 0 aliphatic heterocycles. The van der Waals surface area contributed by atoms with Crippen molar-refractivity contribution < 1.29 is 0 Å². The molecule has 0 fully saturated rings. The third kappa shape index (κ3) is 2.23. The molecule has 0 amide bonds. The molecule has 22 heavy (non-hydrogen) atoms. The Balaban J connectivity index is 2.18. The molecule has 0 unspecified atom stereocenters. The Morgan fingerprint density at radius 3 is 2.73 bits per heavy atom. The first-order valence-corrected chi connectivity index (χ1v) is 7.09. The fraction of sp³-hybridized carbons (Fsp3) is 0.286. The summed E-state index contributed by atoms with van der Waals surface area (Å²) in [5, 5.41) is 0.128. The summed E-state index contributed by atoms with van der Waals surface area (Å²) in [7, 11) is 0. The zero-order valence-electron chi connectivity index (χ0n) is 12.4. The van der Waals surface area contributed by atoms with Crippen LogP contribution < -0.4 is 11.4 Å². The van der Waals surface area contributed by atoms with Gasteiger partial charge in [-0.1, -0.05) is 11.6 Å². The molecule has 114 valence electrons. The van der Waals surface area contributed by atoms with Gasteiger partial charge in [-0.3, -0.25) is 9.55 Å². The van der Waals surface area contributed by atoms with Crippen LogP contribution in [0.5, 0.6) is 0 Å². The van der Waals surface area contributed by atoms with Crippen LogP contribution >= 0.6 is 11.6 Å². The predicted octanol–water partition coefficient (Wildman–Crippen LogP) is 1.72. The van der Waals surface area contributed by atoms with Gasteiger partial charge in [-0.15, -0.1) is 0 Å². The SMILES string of the molecule is Cc1cnc(Cn2c(=O)[nH]c3c(Cl)nc(N)nc32)c(C)c1C. The maximum absolute atomic E-state index is 12.2. The minimum absolute atomic E-state index is 0.0232. The van der Waals surface area contributed by atoms with Gasteiger partial charge in [-0.25, -0.2) is 4.79 Å². The first-order chi connectivity index (χ1) is 10.4. The highest BCUT2D eigenvalue weighted by molar-refractivity contribution is 6.33. The van der Waals surface area contributed by atoms with Crippen LogP contribution in [0.15, 0.2) is 11.0 Å². The summed E-state index contributed by atoms with van der Waals surface area (Å²) < 4.78 is 1.46. The van der Waals surface area contributed by atoms with Crippen LogP contribution in [0.4, 0.5) is 5.95 Å². The summed E-state index contributed by atoms with van der Waals surface area (Å²) in [5.74, 6) is 0.0232. The molecule has 0 radical (unpaired) electrons. The number of aryl methyl sites for hydroxylation is 1. The average molecular weight is 319 g/mol. The van der Waals surface area contributed by atoms with E-state index in [0.717, 1.165) is 22.4 Å². The fourth-order valence-corrected chi connectivity index (χ4v) is 2.57. The number of nitrogens with two attached hydrogens (primary N) is 1. The van der Waals surface area contributed by atoms with Gasteiger partial charge >= 0.3 is 5.69 Å². The molecular formula is C14H15ClN6O. The molecule has 3 heterocycles. The Labute approximate surface area is 131 Å². The summed E-state index contributed by atoms with van der Waals surface area (Å²) in [4.78, 5) is 27.2. The molecule has 0 aliphatic rings. The van der Waals surface area contributed by atoms with E-state index >= 15 is 0 Å². The first-order valence-electron chi connectivity index (χ1n) is 6.71. The average Bonchev–Trinajstić information content (AvgIpc) is 2.76. The maximum Gasteiger partial charge on any atom is 0.328 e. The topological polar surface area (TPSA) is 102 Å². The van der Waals surface area contributed by atoms with Gasteiger partial charge in [0.2, 0.25) is 5.95 Å². The zero-order chi connectivity index (χ0) is 16.0. The van der Waals surface area contributed by atoms with Crippen molar-refractivity contribution in [2.24, 2.45) is 0 Å².